The minimum Gasteiger partial charge on any atom is -0.385 e. The molecule has 2 aliphatic rings. The fourth-order valence-electron chi connectivity index (χ4n) is 2.47. The van der Waals surface area contributed by atoms with Gasteiger partial charge in [0.2, 0.25) is 5.92 Å². The quantitative estimate of drug-likeness (QED) is 0.695. The standard InChI is InChI=1S/C10H17F2NO2/c11-10(12)3-1-8(13,2-4-10)9(14)5-6-15-7-9/h14H,1-7,13H2. The number of rotatable bonds is 1. The zero-order valence-corrected chi connectivity index (χ0v) is 8.64. The van der Waals surface area contributed by atoms with Crippen LogP contribution in [-0.4, -0.2) is 35.4 Å². The van der Waals surface area contributed by atoms with E-state index in [2.05, 4.69) is 0 Å². The lowest BCUT2D eigenvalue weighted by molar-refractivity contribution is -0.107. The Kier molecular flexibility index (Phi) is 2.52. The predicted molar refractivity (Wildman–Crippen MR) is 50.7 cm³/mol. The molecule has 3 N–H and O–H groups in total. The Labute approximate surface area is 87.6 Å². The fraction of sp³-hybridized carbons (Fsp3) is 1.00. The van der Waals surface area contributed by atoms with Gasteiger partial charge in [-0.25, -0.2) is 8.78 Å². The van der Waals surface area contributed by atoms with Crippen LogP contribution in [0.25, 0.3) is 0 Å². The highest BCUT2D eigenvalue weighted by molar-refractivity contribution is 5.08. The number of aliphatic hydroxyl groups is 1. The summed E-state index contributed by atoms with van der Waals surface area (Å²) in [4.78, 5) is 0. The second kappa shape index (κ2) is 3.37. The summed E-state index contributed by atoms with van der Waals surface area (Å²) >= 11 is 0. The number of ether oxygens (including phenoxy) is 1. The van der Waals surface area contributed by atoms with Gasteiger partial charge in [-0.1, -0.05) is 0 Å². The van der Waals surface area contributed by atoms with Gasteiger partial charge in [-0.05, 0) is 12.8 Å². The molecule has 0 amide bonds. The highest BCUT2D eigenvalue weighted by Crippen LogP contribution is 2.44. The lowest BCUT2D eigenvalue weighted by atomic mass is 9.69. The minimum atomic E-state index is -2.61. The van der Waals surface area contributed by atoms with Crippen molar-refractivity contribution in [2.24, 2.45) is 5.73 Å². The molecular formula is C10H17F2NO2. The molecule has 0 bridgehead atoms. The van der Waals surface area contributed by atoms with Gasteiger partial charge in [-0.3, -0.25) is 0 Å². The zero-order valence-electron chi connectivity index (χ0n) is 8.64. The first-order chi connectivity index (χ1) is 6.87. The molecule has 0 aromatic heterocycles. The normalized spacial score (nSPS) is 39.2. The maximum atomic E-state index is 13.0. The van der Waals surface area contributed by atoms with Crippen molar-refractivity contribution < 1.29 is 18.6 Å². The average molecular weight is 221 g/mol. The van der Waals surface area contributed by atoms with Crippen LogP contribution < -0.4 is 5.73 Å². The minimum absolute atomic E-state index is 0.167. The van der Waals surface area contributed by atoms with Crippen molar-refractivity contribution in [1.29, 1.82) is 0 Å². The van der Waals surface area contributed by atoms with Gasteiger partial charge in [-0.15, -0.1) is 0 Å². The molecule has 1 unspecified atom stereocenters. The molecule has 1 saturated heterocycles. The van der Waals surface area contributed by atoms with E-state index in [0.717, 1.165) is 0 Å². The Hall–Kier alpha value is -0.260. The monoisotopic (exact) mass is 221 g/mol. The lowest BCUT2D eigenvalue weighted by Gasteiger charge is -2.45. The van der Waals surface area contributed by atoms with Crippen LogP contribution in [0.1, 0.15) is 32.1 Å². The molecule has 2 fully saturated rings. The first-order valence-corrected chi connectivity index (χ1v) is 5.34. The summed E-state index contributed by atoms with van der Waals surface area (Å²) in [6, 6.07) is 0. The SMILES string of the molecule is NC1(C2(O)CCOC2)CCC(F)(F)CC1. The van der Waals surface area contributed by atoms with Crippen molar-refractivity contribution in [2.45, 2.75) is 49.2 Å². The Morgan fingerprint density at radius 2 is 1.67 bits per heavy atom. The third-order valence-corrected chi connectivity index (χ3v) is 3.80. The lowest BCUT2D eigenvalue weighted by Crippen LogP contribution is -2.63. The van der Waals surface area contributed by atoms with E-state index >= 15 is 0 Å². The van der Waals surface area contributed by atoms with E-state index in [0.29, 0.717) is 13.0 Å². The van der Waals surface area contributed by atoms with Crippen LogP contribution >= 0.6 is 0 Å². The third-order valence-electron chi connectivity index (χ3n) is 3.80. The molecule has 1 saturated carbocycles. The molecule has 15 heavy (non-hydrogen) atoms. The van der Waals surface area contributed by atoms with E-state index in [4.69, 9.17) is 10.5 Å². The molecule has 0 spiro atoms. The first kappa shape index (κ1) is 11.2. The molecule has 0 radical (unpaired) electrons. The maximum Gasteiger partial charge on any atom is 0.248 e. The van der Waals surface area contributed by atoms with Crippen molar-refractivity contribution in [1.82, 2.24) is 0 Å². The van der Waals surface area contributed by atoms with Gasteiger partial charge in [0.05, 0.1) is 6.61 Å². The Balaban J connectivity index is 2.08. The van der Waals surface area contributed by atoms with Crippen LogP contribution in [0.2, 0.25) is 0 Å². The molecule has 1 aliphatic heterocycles. The number of halogens is 2. The van der Waals surface area contributed by atoms with Gasteiger partial charge in [0.15, 0.2) is 0 Å². The molecule has 3 nitrogen and oxygen atoms in total. The van der Waals surface area contributed by atoms with Crippen molar-refractivity contribution in [3.8, 4) is 0 Å². The largest absolute Gasteiger partial charge is 0.385 e. The molecule has 0 aromatic carbocycles. The van der Waals surface area contributed by atoms with Crippen LogP contribution in [-0.2, 0) is 4.74 Å². The summed E-state index contributed by atoms with van der Waals surface area (Å²) in [6.45, 7) is 0.640. The topological polar surface area (TPSA) is 55.5 Å². The second-order valence-corrected chi connectivity index (χ2v) is 4.85. The van der Waals surface area contributed by atoms with Crippen LogP contribution in [0.15, 0.2) is 0 Å². The number of alkyl halides is 2. The van der Waals surface area contributed by atoms with Gasteiger partial charge in [-0.2, -0.15) is 0 Å². The van der Waals surface area contributed by atoms with E-state index < -0.39 is 17.1 Å². The van der Waals surface area contributed by atoms with E-state index in [-0.39, 0.29) is 32.3 Å². The van der Waals surface area contributed by atoms with Gasteiger partial charge < -0.3 is 15.6 Å². The molecular weight excluding hydrogens is 204 g/mol. The summed E-state index contributed by atoms with van der Waals surface area (Å²) < 4.78 is 31.1. The Morgan fingerprint density at radius 1 is 1.07 bits per heavy atom. The van der Waals surface area contributed by atoms with Gasteiger partial charge in [0, 0.05) is 31.4 Å². The van der Waals surface area contributed by atoms with Gasteiger partial charge in [0.1, 0.15) is 5.60 Å². The van der Waals surface area contributed by atoms with Gasteiger partial charge >= 0.3 is 0 Å². The van der Waals surface area contributed by atoms with Crippen molar-refractivity contribution in [2.75, 3.05) is 13.2 Å². The molecule has 1 atom stereocenters. The summed E-state index contributed by atoms with van der Waals surface area (Å²) in [5.41, 5.74) is 4.05. The molecule has 5 heteroatoms. The third kappa shape index (κ3) is 1.88. The van der Waals surface area contributed by atoms with E-state index in [1.165, 1.54) is 0 Å². The number of hydrogen-bond donors (Lipinski definition) is 2. The van der Waals surface area contributed by atoms with E-state index in [9.17, 15) is 13.9 Å². The van der Waals surface area contributed by atoms with Crippen LogP contribution in [0.4, 0.5) is 8.78 Å². The fourth-order valence-corrected chi connectivity index (χ4v) is 2.47. The first-order valence-electron chi connectivity index (χ1n) is 5.34. The van der Waals surface area contributed by atoms with Crippen LogP contribution in [0.5, 0.6) is 0 Å². The van der Waals surface area contributed by atoms with Crippen LogP contribution in [0, 0.1) is 0 Å². The molecule has 88 valence electrons. The van der Waals surface area contributed by atoms with Gasteiger partial charge in [0.25, 0.3) is 0 Å². The van der Waals surface area contributed by atoms with Crippen molar-refractivity contribution in [3.05, 3.63) is 0 Å². The summed E-state index contributed by atoms with van der Waals surface area (Å²) in [5.74, 6) is -2.61. The Morgan fingerprint density at radius 3 is 2.13 bits per heavy atom. The molecule has 2 rings (SSSR count). The molecule has 1 aliphatic carbocycles. The smallest absolute Gasteiger partial charge is 0.248 e. The summed E-state index contributed by atoms with van der Waals surface area (Å²) in [7, 11) is 0. The molecule has 0 aromatic rings. The van der Waals surface area contributed by atoms with E-state index in [1.807, 2.05) is 0 Å². The zero-order chi connectivity index (χ0) is 11.2. The summed E-state index contributed by atoms with van der Waals surface area (Å²) in [6.07, 6.45) is 0.326. The maximum absolute atomic E-state index is 13.0. The second-order valence-electron chi connectivity index (χ2n) is 4.85. The summed E-state index contributed by atoms with van der Waals surface area (Å²) in [5, 5.41) is 10.3. The average Bonchev–Trinajstić information content (AvgIpc) is 2.60. The highest BCUT2D eigenvalue weighted by atomic mass is 19.3. The predicted octanol–water partition coefficient (Wildman–Crippen LogP) is 1.04. The number of nitrogens with two attached hydrogens (primary N) is 1. The molecule has 1 heterocycles. The Bertz CT molecular complexity index is 242. The highest BCUT2D eigenvalue weighted by Gasteiger charge is 2.54. The van der Waals surface area contributed by atoms with E-state index in [1.54, 1.807) is 0 Å². The number of hydrogen-bond acceptors (Lipinski definition) is 3. The van der Waals surface area contributed by atoms with Crippen molar-refractivity contribution >= 4 is 0 Å². The van der Waals surface area contributed by atoms with Crippen LogP contribution in [0.3, 0.4) is 0 Å². The van der Waals surface area contributed by atoms with Crippen molar-refractivity contribution in [3.63, 3.8) is 0 Å².